The Labute approximate surface area is 258 Å². The van der Waals surface area contributed by atoms with Crippen LogP contribution >= 0.6 is 0 Å². The number of nitrogens with one attached hydrogen (secondary N) is 1. The number of hydrogen-bond acceptors (Lipinski definition) is 6. The number of hydrogen-bond donors (Lipinski definition) is 2. The van der Waals surface area contributed by atoms with Crippen LogP contribution < -0.4 is 14.8 Å². The predicted molar refractivity (Wildman–Crippen MR) is 173 cm³/mol. The van der Waals surface area contributed by atoms with Crippen LogP contribution in [0.3, 0.4) is 0 Å². The second kappa shape index (κ2) is 13.5. The number of benzene rings is 3. The average Bonchev–Trinajstić information content (AvgIpc) is 3.62. The highest BCUT2D eigenvalue weighted by atomic mass is 16.7. The van der Waals surface area contributed by atoms with Crippen LogP contribution in [0, 0.1) is 6.92 Å². The number of aromatic nitrogens is 2. The summed E-state index contributed by atoms with van der Waals surface area (Å²) >= 11 is 0. The molecule has 0 bridgehead atoms. The van der Waals surface area contributed by atoms with Crippen molar-refractivity contribution in [3.63, 3.8) is 0 Å². The Bertz CT molecular complexity index is 1670. The van der Waals surface area contributed by atoms with E-state index in [4.69, 9.17) is 19.6 Å². The smallest absolute Gasteiger partial charge is 0.491 e. The first-order chi connectivity index (χ1) is 21.5. The highest BCUT2D eigenvalue weighted by Crippen LogP contribution is 2.33. The molecule has 4 aromatic rings. The molecule has 44 heavy (non-hydrogen) atoms. The van der Waals surface area contributed by atoms with E-state index in [1.807, 2.05) is 24.3 Å². The molecule has 0 spiro atoms. The summed E-state index contributed by atoms with van der Waals surface area (Å²) in [6, 6.07) is 20.4. The summed E-state index contributed by atoms with van der Waals surface area (Å²) in [5.41, 5.74) is 5.94. The maximum Gasteiger partial charge on any atom is 0.511 e. The summed E-state index contributed by atoms with van der Waals surface area (Å²) in [7, 11) is 0. The molecule has 6 rings (SSSR count). The van der Waals surface area contributed by atoms with Crippen molar-refractivity contribution in [1.82, 2.24) is 19.8 Å². The van der Waals surface area contributed by atoms with Gasteiger partial charge in [-0.05, 0) is 48.6 Å². The second-order valence-electron chi connectivity index (χ2n) is 11.5. The molecule has 1 aromatic heterocycles. The number of allylic oxidation sites excluding steroid dienone is 2. The molecule has 228 valence electrons. The van der Waals surface area contributed by atoms with Crippen LogP contribution in [0.25, 0.3) is 22.2 Å². The third kappa shape index (κ3) is 6.42. The minimum Gasteiger partial charge on any atom is -0.491 e. The van der Waals surface area contributed by atoms with E-state index in [0.29, 0.717) is 31.0 Å². The third-order valence-corrected chi connectivity index (χ3v) is 8.49. The summed E-state index contributed by atoms with van der Waals surface area (Å²) in [5.74, 6) is 2.26. The monoisotopic (exact) mass is 592 g/mol. The molecule has 8 nitrogen and oxygen atoms in total. The van der Waals surface area contributed by atoms with Crippen molar-refractivity contribution in [2.24, 2.45) is 0 Å². The molecule has 3 aromatic carbocycles. The molecular weight excluding hydrogens is 552 g/mol. The number of carbonyl (C=O) groups is 1. The van der Waals surface area contributed by atoms with Crippen molar-refractivity contribution < 1.29 is 19.4 Å². The van der Waals surface area contributed by atoms with Crippen molar-refractivity contribution in [3.05, 3.63) is 102 Å². The molecule has 2 aliphatic rings. The SMILES string of the molecule is CCCCc1nc2c(C)ccc(OCCCN3CNC4C=CC=CC43)c2n1Cc1ccc(-c2ccccc2OC(=O)O)cc1. The summed E-state index contributed by atoms with van der Waals surface area (Å²) in [6.45, 7) is 7.47. The van der Waals surface area contributed by atoms with Crippen LogP contribution in [0.2, 0.25) is 0 Å². The Balaban J connectivity index is 1.22. The van der Waals surface area contributed by atoms with E-state index >= 15 is 0 Å². The van der Waals surface area contributed by atoms with Crippen LogP contribution in [0.5, 0.6) is 11.5 Å². The molecule has 0 amide bonds. The number of carboxylic acid groups (broad SMARTS) is 1. The summed E-state index contributed by atoms with van der Waals surface area (Å²) in [4.78, 5) is 18.8. The summed E-state index contributed by atoms with van der Waals surface area (Å²) in [5, 5.41) is 12.7. The lowest BCUT2D eigenvalue weighted by atomic mass is 10.0. The lowest BCUT2D eigenvalue weighted by Gasteiger charge is -2.24. The van der Waals surface area contributed by atoms with Gasteiger partial charge in [-0.25, -0.2) is 9.78 Å². The van der Waals surface area contributed by atoms with Gasteiger partial charge < -0.3 is 19.1 Å². The van der Waals surface area contributed by atoms with Crippen molar-refractivity contribution in [1.29, 1.82) is 0 Å². The molecular formula is C36H40N4O4. The first kappa shape index (κ1) is 29.7. The van der Waals surface area contributed by atoms with Gasteiger partial charge >= 0.3 is 6.16 Å². The minimum absolute atomic E-state index is 0.320. The predicted octanol–water partition coefficient (Wildman–Crippen LogP) is 6.95. The molecule has 2 N–H and O–H groups in total. The van der Waals surface area contributed by atoms with Gasteiger partial charge in [-0.2, -0.15) is 0 Å². The Morgan fingerprint density at radius 3 is 2.66 bits per heavy atom. The lowest BCUT2D eigenvalue weighted by Crippen LogP contribution is -2.35. The summed E-state index contributed by atoms with van der Waals surface area (Å²) < 4.78 is 13.8. The number of nitrogens with zero attached hydrogens (tertiary/aromatic N) is 3. The molecule has 1 aliphatic heterocycles. The van der Waals surface area contributed by atoms with E-state index in [1.165, 1.54) is 0 Å². The number of para-hydroxylation sites is 1. The topological polar surface area (TPSA) is 88.9 Å². The third-order valence-electron chi connectivity index (χ3n) is 8.49. The molecule has 1 fully saturated rings. The Kier molecular flexibility index (Phi) is 9.09. The van der Waals surface area contributed by atoms with Crippen LogP contribution in [-0.2, 0) is 13.0 Å². The van der Waals surface area contributed by atoms with Crippen molar-refractivity contribution in [2.45, 2.75) is 58.2 Å². The second-order valence-corrected chi connectivity index (χ2v) is 11.5. The van der Waals surface area contributed by atoms with E-state index in [0.717, 1.165) is 83.8 Å². The molecule has 2 atom stereocenters. The van der Waals surface area contributed by atoms with Gasteiger partial charge in [-0.1, -0.05) is 86.2 Å². The largest absolute Gasteiger partial charge is 0.511 e. The highest BCUT2D eigenvalue weighted by molar-refractivity contribution is 5.86. The zero-order valence-electron chi connectivity index (χ0n) is 25.4. The Morgan fingerprint density at radius 1 is 1.02 bits per heavy atom. The van der Waals surface area contributed by atoms with Gasteiger partial charge in [0.2, 0.25) is 0 Å². The van der Waals surface area contributed by atoms with Crippen molar-refractivity contribution >= 4 is 17.2 Å². The first-order valence-electron chi connectivity index (χ1n) is 15.5. The van der Waals surface area contributed by atoms with Gasteiger partial charge in [0, 0.05) is 43.8 Å². The number of rotatable bonds is 12. The first-order valence-corrected chi connectivity index (χ1v) is 15.5. The summed E-state index contributed by atoms with van der Waals surface area (Å²) in [6.07, 6.45) is 11.4. The number of ether oxygens (including phenoxy) is 2. The van der Waals surface area contributed by atoms with E-state index in [-0.39, 0.29) is 0 Å². The fraction of sp³-hybridized carbons (Fsp3) is 0.333. The van der Waals surface area contributed by atoms with E-state index in [2.05, 4.69) is 77.2 Å². The standard InChI is InChI=1S/C36H40N4O4/c1-3-4-14-33-38-34-25(2)15-20-32(43-22-9-21-39-24-37-29-11-6-7-12-30(29)39)35(34)40(33)23-26-16-18-27(19-17-26)28-10-5-8-13-31(28)44-36(41)42/h5-8,10-13,15-20,29-30,37H,3-4,9,14,21-24H2,1-2H3,(H,41,42). The van der Waals surface area contributed by atoms with Gasteiger partial charge in [0.1, 0.15) is 22.8 Å². The lowest BCUT2D eigenvalue weighted by molar-refractivity contribution is 0.144. The van der Waals surface area contributed by atoms with E-state index < -0.39 is 6.16 Å². The number of unbranched alkanes of at least 4 members (excludes halogenated alkanes) is 1. The zero-order valence-corrected chi connectivity index (χ0v) is 25.4. The van der Waals surface area contributed by atoms with Crippen LogP contribution in [-0.4, -0.2) is 57.6 Å². The average molecular weight is 593 g/mol. The van der Waals surface area contributed by atoms with Gasteiger partial charge in [-0.3, -0.25) is 10.2 Å². The van der Waals surface area contributed by atoms with Crippen molar-refractivity contribution in [3.8, 4) is 22.6 Å². The fourth-order valence-electron chi connectivity index (χ4n) is 6.19. The zero-order chi connectivity index (χ0) is 30.5. The fourth-order valence-corrected chi connectivity index (χ4v) is 6.19. The van der Waals surface area contributed by atoms with E-state index in [9.17, 15) is 4.79 Å². The van der Waals surface area contributed by atoms with Gasteiger partial charge in [0.05, 0.1) is 12.1 Å². The molecule has 2 unspecified atom stereocenters. The van der Waals surface area contributed by atoms with Crippen LogP contribution in [0.4, 0.5) is 4.79 Å². The van der Waals surface area contributed by atoms with Gasteiger partial charge in [0.25, 0.3) is 0 Å². The minimum atomic E-state index is -1.32. The molecule has 1 aliphatic carbocycles. The van der Waals surface area contributed by atoms with E-state index in [1.54, 1.807) is 12.1 Å². The van der Waals surface area contributed by atoms with Gasteiger partial charge in [0.15, 0.2) is 0 Å². The molecule has 0 radical (unpaired) electrons. The quantitative estimate of drug-likeness (QED) is 0.105. The van der Waals surface area contributed by atoms with Crippen LogP contribution in [0.1, 0.15) is 43.1 Å². The molecule has 8 heteroatoms. The Hall–Kier alpha value is -4.40. The maximum atomic E-state index is 11.2. The number of aryl methyl sites for hydroxylation is 2. The number of fused-ring (bicyclic) bond motifs is 2. The molecule has 2 heterocycles. The normalized spacial score (nSPS) is 17.7. The number of imidazole rings is 1. The van der Waals surface area contributed by atoms with Crippen molar-refractivity contribution in [2.75, 3.05) is 19.8 Å². The maximum absolute atomic E-state index is 11.2. The molecule has 1 saturated heterocycles. The highest BCUT2D eigenvalue weighted by Gasteiger charge is 2.30. The molecule has 0 saturated carbocycles. The van der Waals surface area contributed by atoms with Gasteiger partial charge in [-0.15, -0.1) is 0 Å². The Morgan fingerprint density at radius 2 is 1.84 bits per heavy atom. The van der Waals surface area contributed by atoms with Crippen LogP contribution in [0.15, 0.2) is 85.0 Å².